The maximum absolute atomic E-state index is 11.9. The average Bonchev–Trinajstić information content (AvgIpc) is 2.97. The highest BCUT2D eigenvalue weighted by Crippen LogP contribution is 2.19. The average molecular weight is 379 g/mol. The Balaban J connectivity index is 0.00000288. The zero-order valence-corrected chi connectivity index (χ0v) is 15.3. The second-order valence-corrected chi connectivity index (χ2v) is 7.88. The Bertz CT molecular complexity index is 648. The number of sulfonamides is 1. The highest BCUT2D eigenvalue weighted by Gasteiger charge is 2.27. The number of hydrogen-bond donors (Lipinski definition) is 1. The first kappa shape index (κ1) is 20.7. The van der Waals surface area contributed by atoms with E-state index < -0.39 is 16.0 Å². The summed E-state index contributed by atoms with van der Waals surface area (Å²) in [6, 6.07) is 6.28. The Morgan fingerprint density at radius 1 is 1.33 bits per heavy atom. The number of carboxylic acids is 1. The van der Waals surface area contributed by atoms with Crippen LogP contribution in [0.5, 0.6) is 5.75 Å². The van der Waals surface area contributed by atoms with E-state index in [0.717, 1.165) is 10.8 Å². The van der Waals surface area contributed by atoms with Gasteiger partial charge in [0.25, 0.3) is 0 Å². The van der Waals surface area contributed by atoms with Crippen LogP contribution in [0.15, 0.2) is 29.2 Å². The van der Waals surface area contributed by atoms with Crippen LogP contribution in [-0.4, -0.2) is 69.0 Å². The molecule has 0 aromatic heterocycles. The maximum Gasteiger partial charge on any atom is 0.307 e. The van der Waals surface area contributed by atoms with Gasteiger partial charge in [-0.25, -0.2) is 12.7 Å². The maximum atomic E-state index is 11.9. The molecule has 9 heteroatoms. The number of rotatable bonds is 7. The van der Waals surface area contributed by atoms with Crippen molar-refractivity contribution in [3.8, 4) is 5.75 Å². The van der Waals surface area contributed by atoms with E-state index in [9.17, 15) is 13.2 Å². The summed E-state index contributed by atoms with van der Waals surface area (Å²) in [6.07, 6.45) is 0.673. The molecule has 24 heavy (non-hydrogen) atoms. The van der Waals surface area contributed by atoms with Crippen molar-refractivity contribution in [2.45, 2.75) is 11.3 Å². The standard InChI is InChI=1S/C15H22N2O5S.ClH/c1-16(2)23(20,21)14-5-3-13(4-6-14)22-10-9-17-8-7-12(11-17)15(18)19;/h3-6,12H,7-11H2,1-2H3,(H,18,19);1H. The number of aliphatic carboxylic acids is 1. The molecule has 1 saturated heterocycles. The van der Waals surface area contributed by atoms with Crippen molar-refractivity contribution in [1.82, 2.24) is 9.21 Å². The number of carbonyl (C=O) groups is 1. The van der Waals surface area contributed by atoms with E-state index in [1.54, 1.807) is 12.1 Å². The van der Waals surface area contributed by atoms with Crippen LogP contribution >= 0.6 is 12.4 Å². The summed E-state index contributed by atoms with van der Waals surface area (Å²) in [7, 11) is -0.455. The summed E-state index contributed by atoms with van der Waals surface area (Å²) < 4.78 is 30.7. The first-order chi connectivity index (χ1) is 10.8. The van der Waals surface area contributed by atoms with Crippen molar-refractivity contribution in [3.63, 3.8) is 0 Å². The molecule has 1 aromatic carbocycles. The summed E-state index contributed by atoms with van der Waals surface area (Å²) in [6.45, 7) is 2.41. The smallest absolute Gasteiger partial charge is 0.307 e. The lowest BCUT2D eigenvalue weighted by molar-refractivity contribution is -0.141. The molecule has 1 heterocycles. The molecule has 1 atom stereocenters. The van der Waals surface area contributed by atoms with Crippen LogP contribution in [0.3, 0.4) is 0 Å². The lowest BCUT2D eigenvalue weighted by atomic mass is 10.1. The van der Waals surface area contributed by atoms with E-state index in [2.05, 4.69) is 4.90 Å². The number of nitrogens with zero attached hydrogens (tertiary/aromatic N) is 2. The summed E-state index contributed by atoms with van der Waals surface area (Å²) >= 11 is 0. The number of halogens is 1. The lowest BCUT2D eigenvalue weighted by Gasteiger charge is -2.16. The van der Waals surface area contributed by atoms with Gasteiger partial charge in [-0.2, -0.15) is 0 Å². The Kier molecular flexibility index (Phi) is 7.47. The van der Waals surface area contributed by atoms with Crippen LogP contribution in [0.1, 0.15) is 6.42 Å². The van der Waals surface area contributed by atoms with E-state index in [1.165, 1.54) is 26.2 Å². The first-order valence-corrected chi connectivity index (χ1v) is 8.85. The van der Waals surface area contributed by atoms with E-state index in [-0.39, 0.29) is 23.2 Å². The normalized spacial score (nSPS) is 18.4. The highest BCUT2D eigenvalue weighted by molar-refractivity contribution is 7.89. The predicted octanol–water partition coefficient (Wildman–Crippen LogP) is 1.14. The largest absolute Gasteiger partial charge is 0.492 e. The van der Waals surface area contributed by atoms with Crippen LogP contribution in [0, 0.1) is 5.92 Å². The summed E-state index contributed by atoms with van der Waals surface area (Å²) in [5, 5.41) is 8.95. The lowest BCUT2D eigenvalue weighted by Crippen LogP contribution is -2.27. The molecule has 2 rings (SSSR count). The van der Waals surface area contributed by atoms with Gasteiger partial charge in [0.2, 0.25) is 10.0 Å². The van der Waals surface area contributed by atoms with Crippen molar-refractivity contribution in [3.05, 3.63) is 24.3 Å². The van der Waals surface area contributed by atoms with Gasteiger partial charge in [-0.1, -0.05) is 0 Å². The van der Waals surface area contributed by atoms with E-state index >= 15 is 0 Å². The van der Waals surface area contributed by atoms with Crippen LogP contribution in [0.25, 0.3) is 0 Å². The molecule has 136 valence electrons. The number of hydrogen-bond acceptors (Lipinski definition) is 5. The molecule has 0 aliphatic carbocycles. The minimum atomic E-state index is -3.43. The minimum Gasteiger partial charge on any atom is -0.492 e. The molecule has 1 N–H and O–H groups in total. The van der Waals surface area contributed by atoms with Crippen molar-refractivity contribution >= 4 is 28.4 Å². The molecule has 1 unspecified atom stereocenters. The molecule has 0 saturated carbocycles. The Morgan fingerprint density at radius 2 is 1.96 bits per heavy atom. The van der Waals surface area contributed by atoms with Crippen LogP contribution in [0.2, 0.25) is 0 Å². The molecular weight excluding hydrogens is 356 g/mol. The fourth-order valence-corrected chi connectivity index (χ4v) is 3.35. The Morgan fingerprint density at radius 3 is 2.46 bits per heavy atom. The van der Waals surface area contributed by atoms with Gasteiger partial charge >= 0.3 is 5.97 Å². The van der Waals surface area contributed by atoms with Gasteiger partial charge in [-0.05, 0) is 37.2 Å². The fourth-order valence-electron chi connectivity index (χ4n) is 2.45. The van der Waals surface area contributed by atoms with Gasteiger partial charge < -0.3 is 9.84 Å². The fraction of sp³-hybridized carbons (Fsp3) is 0.533. The van der Waals surface area contributed by atoms with Gasteiger partial charge in [0.05, 0.1) is 10.8 Å². The summed E-state index contributed by atoms with van der Waals surface area (Å²) in [4.78, 5) is 13.2. The van der Waals surface area contributed by atoms with Crippen molar-refractivity contribution in [1.29, 1.82) is 0 Å². The third-order valence-electron chi connectivity index (χ3n) is 3.90. The molecule has 0 amide bonds. The monoisotopic (exact) mass is 378 g/mol. The molecule has 0 radical (unpaired) electrons. The summed E-state index contributed by atoms with van der Waals surface area (Å²) in [5.41, 5.74) is 0. The van der Waals surface area contributed by atoms with Crippen LogP contribution < -0.4 is 4.74 Å². The zero-order valence-electron chi connectivity index (χ0n) is 13.7. The highest BCUT2D eigenvalue weighted by atomic mass is 35.5. The molecule has 0 bridgehead atoms. The second kappa shape index (κ2) is 8.66. The number of carboxylic acid groups (broad SMARTS) is 1. The first-order valence-electron chi connectivity index (χ1n) is 7.41. The van der Waals surface area contributed by atoms with Gasteiger partial charge in [-0.15, -0.1) is 12.4 Å². The van der Waals surface area contributed by atoms with Gasteiger partial charge in [0.1, 0.15) is 12.4 Å². The van der Waals surface area contributed by atoms with Crippen molar-refractivity contribution < 1.29 is 23.1 Å². The molecule has 7 nitrogen and oxygen atoms in total. The number of ether oxygens (including phenoxy) is 1. The van der Waals surface area contributed by atoms with Gasteiger partial charge in [0, 0.05) is 27.2 Å². The molecule has 0 spiro atoms. The van der Waals surface area contributed by atoms with Gasteiger partial charge in [-0.3, -0.25) is 9.69 Å². The van der Waals surface area contributed by atoms with Gasteiger partial charge in [0.15, 0.2) is 0 Å². The van der Waals surface area contributed by atoms with Crippen LogP contribution in [-0.2, 0) is 14.8 Å². The van der Waals surface area contributed by atoms with Crippen molar-refractivity contribution in [2.75, 3.05) is 40.3 Å². The molecular formula is C15H23ClN2O5S. The third-order valence-corrected chi connectivity index (χ3v) is 5.73. The van der Waals surface area contributed by atoms with E-state index in [0.29, 0.717) is 31.9 Å². The SMILES string of the molecule is CN(C)S(=O)(=O)c1ccc(OCCN2CCC(C(=O)O)C2)cc1.Cl. The Labute approximate surface area is 148 Å². The molecule has 1 aliphatic rings. The van der Waals surface area contributed by atoms with E-state index in [4.69, 9.17) is 9.84 Å². The zero-order chi connectivity index (χ0) is 17.0. The number of benzene rings is 1. The van der Waals surface area contributed by atoms with E-state index in [1.807, 2.05) is 0 Å². The Hall–Kier alpha value is -1.35. The summed E-state index contributed by atoms with van der Waals surface area (Å²) in [5.74, 6) is -0.437. The van der Waals surface area contributed by atoms with Crippen LogP contribution in [0.4, 0.5) is 0 Å². The second-order valence-electron chi connectivity index (χ2n) is 5.73. The quantitative estimate of drug-likeness (QED) is 0.765. The minimum absolute atomic E-state index is 0. The number of likely N-dealkylation sites (tertiary alicyclic amines) is 1. The topological polar surface area (TPSA) is 87.2 Å². The molecule has 1 aromatic rings. The predicted molar refractivity (Wildman–Crippen MR) is 92.2 cm³/mol. The van der Waals surface area contributed by atoms with Crippen molar-refractivity contribution in [2.24, 2.45) is 5.92 Å². The molecule has 1 aliphatic heterocycles. The third kappa shape index (κ3) is 5.07. The molecule has 1 fully saturated rings.